The third-order valence-corrected chi connectivity index (χ3v) is 3.14. The van der Waals surface area contributed by atoms with Crippen LogP contribution in [0, 0.1) is 10.1 Å². The summed E-state index contributed by atoms with van der Waals surface area (Å²) >= 11 is 0. The van der Waals surface area contributed by atoms with Crippen LogP contribution in [0.2, 0.25) is 0 Å². The van der Waals surface area contributed by atoms with Gasteiger partial charge >= 0.3 is 0 Å². The van der Waals surface area contributed by atoms with Gasteiger partial charge in [0.1, 0.15) is 5.69 Å². The summed E-state index contributed by atoms with van der Waals surface area (Å²) < 4.78 is 0. The lowest BCUT2D eigenvalue weighted by Gasteiger charge is -2.15. The highest BCUT2D eigenvalue weighted by atomic mass is 16.6. The van der Waals surface area contributed by atoms with Crippen molar-refractivity contribution < 1.29 is 19.9 Å². The predicted octanol–water partition coefficient (Wildman–Crippen LogP) is -0.942. The second-order valence-electron chi connectivity index (χ2n) is 4.48. The number of hydrazine groups is 1. The van der Waals surface area contributed by atoms with Crippen molar-refractivity contribution in [3.05, 3.63) is 33.9 Å². The molecule has 1 aromatic rings. The molecule has 2 rings (SSSR count). The van der Waals surface area contributed by atoms with Crippen LogP contribution in [0.1, 0.15) is 10.4 Å². The zero-order chi connectivity index (χ0) is 14.9. The molecule has 1 fully saturated rings. The maximum absolute atomic E-state index is 12.2. The first-order chi connectivity index (χ1) is 9.43. The zero-order valence-corrected chi connectivity index (χ0v) is 10.4. The first-order valence-corrected chi connectivity index (χ1v) is 5.84. The number of nitrogens with zero attached hydrogens (tertiary/aromatic N) is 2. The van der Waals surface area contributed by atoms with Crippen LogP contribution in [0.25, 0.3) is 0 Å². The number of carbonyl (C=O) groups is 1. The number of rotatable bonds is 3. The van der Waals surface area contributed by atoms with Gasteiger partial charge in [-0.2, -0.15) is 0 Å². The van der Waals surface area contributed by atoms with Crippen molar-refractivity contribution in [3.63, 3.8) is 0 Å². The number of aliphatic hydroxyl groups is 2. The number of benzene rings is 1. The quantitative estimate of drug-likeness (QED) is 0.318. The average molecular weight is 282 g/mol. The molecule has 0 aliphatic carbocycles. The summed E-state index contributed by atoms with van der Waals surface area (Å²) in [6.07, 6.45) is -1.96. The van der Waals surface area contributed by atoms with Crippen molar-refractivity contribution in [3.8, 4) is 0 Å². The fourth-order valence-corrected chi connectivity index (χ4v) is 2.06. The third kappa shape index (κ3) is 2.54. The number of β-amino-alcohol motifs (C(OH)–C–C–N with tert-alkyl or cyclic N) is 2. The van der Waals surface area contributed by atoms with Gasteiger partial charge in [0.15, 0.2) is 0 Å². The lowest BCUT2D eigenvalue weighted by Crippen LogP contribution is -2.30. The number of carbonyl (C=O) groups excluding carboxylic acids is 1. The lowest BCUT2D eigenvalue weighted by molar-refractivity contribution is -0.384. The second-order valence-corrected chi connectivity index (χ2v) is 4.48. The van der Waals surface area contributed by atoms with Crippen LogP contribution >= 0.6 is 0 Å². The van der Waals surface area contributed by atoms with Gasteiger partial charge in [-0.15, -0.1) is 0 Å². The van der Waals surface area contributed by atoms with Crippen molar-refractivity contribution in [1.82, 2.24) is 4.90 Å². The smallest absolute Gasteiger partial charge is 0.293 e. The van der Waals surface area contributed by atoms with E-state index in [-0.39, 0.29) is 30.0 Å². The molecule has 20 heavy (non-hydrogen) atoms. The Morgan fingerprint density at radius 3 is 2.50 bits per heavy atom. The van der Waals surface area contributed by atoms with Gasteiger partial charge in [-0.25, -0.2) is 0 Å². The standard InChI is InChI=1S/C11H14N4O5/c12-13-7-3-6(1-2-8(7)15(19)20)11(18)14-4-9(16)10(17)5-14/h1-3,9-10,13,16-17H,4-5,12H2. The van der Waals surface area contributed by atoms with E-state index in [1.807, 2.05) is 0 Å². The summed E-state index contributed by atoms with van der Waals surface area (Å²) in [4.78, 5) is 23.6. The Hall–Kier alpha value is -2.23. The average Bonchev–Trinajstić information content (AvgIpc) is 2.77. The fourth-order valence-electron chi connectivity index (χ4n) is 2.06. The number of nitrogens with one attached hydrogen (secondary N) is 1. The first kappa shape index (κ1) is 14.2. The van der Waals surface area contributed by atoms with Crippen LogP contribution in [0.3, 0.4) is 0 Å². The molecule has 0 saturated carbocycles. The van der Waals surface area contributed by atoms with Gasteiger partial charge in [0.2, 0.25) is 0 Å². The molecule has 9 nitrogen and oxygen atoms in total. The van der Waals surface area contributed by atoms with E-state index in [2.05, 4.69) is 5.43 Å². The monoisotopic (exact) mass is 282 g/mol. The van der Waals surface area contributed by atoms with Crippen LogP contribution < -0.4 is 11.3 Å². The number of hydrogen-bond donors (Lipinski definition) is 4. The van der Waals surface area contributed by atoms with Crippen molar-refractivity contribution >= 4 is 17.3 Å². The Morgan fingerprint density at radius 2 is 2.00 bits per heavy atom. The first-order valence-electron chi connectivity index (χ1n) is 5.84. The molecule has 108 valence electrons. The van der Waals surface area contributed by atoms with E-state index in [4.69, 9.17) is 5.84 Å². The van der Waals surface area contributed by atoms with E-state index in [0.29, 0.717) is 0 Å². The Labute approximate surface area is 113 Å². The van der Waals surface area contributed by atoms with E-state index in [1.165, 1.54) is 23.1 Å². The van der Waals surface area contributed by atoms with Gasteiger partial charge in [-0.05, 0) is 12.1 Å². The number of anilines is 1. The molecule has 9 heteroatoms. The molecule has 1 aliphatic rings. The fraction of sp³-hybridized carbons (Fsp3) is 0.364. The molecule has 1 aliphatic heterocycles. The number of nitro benzene ring substituents is 1. The van der Waals surface area contributed by atoms with Crippen molar-refractivity contribution in [1.29, 1.82) is 0 Å². The Balaban J connectivity index is 2.25. The summed E-state index contributed by atoms with van der Waals surface area (Å²) in [6, 6.07) is 3.74. The van der Waals surface area contributed by atoms with Crippen LogP contribution in [-0.2, 0) is 0 Å². The van der Waals surface area contributed by atoms with Crippen LogP contribution in [-0.4, -0.2) is 51.2 Å². The number of aliphatic hydroxyl groups excluding tert-OH is 2. The highest BCUT2D eigenvalue weighted by Crippen LogP contribution is 2.25. The molecular weight excluding hydrogens is 268 g/mol. The number of nitrogen functional groups attached to an aromatic ring is 1. The van der Waals surface area contributed by atoms with E-state index < -0.39 is 23.0 Å². The van der Waals surface area contributed by atoms with E-state index in [9.17, 15) is 25.1 Å². The lowest BCUT2D eigenvalue weighted by atomic mass is 10.1. The topological polar surface area (TPSA) is 142 Å². The Kier molecular flexibility index (Phi) is 3.84. The van der Waals surface area contributed by atoms with Crippen LogP contribution in [0.4, 0.5) is 11.4 Å². The van der Waals surface area contributed by atoms with Gasteiger partial charge in [0.05, 0.1) is 17.1 Å². The largest absolute Gasteiger partial charge is 0.388 e. The third-order valence-electron chi connectivity index (χ3n) is 3.14. The summed E-state index contributed by atoms with van der Waals surface area (Å²) in [5, 5.41) is 29.6. The van der Waals surface area contributed by atoms with E-state index >= 15 is 0 Å². The number of amides is 1. The zero-order valence-electron chi connectivity index (χ0n) is 10.4. The highest BCUT2D eigenvalue weighted by Gasteiger charge is 2.33. The number of nitrogens with two attached hydrogens (primary N) is 1. The summed E-state index contributed by atoms with van der Waals surface area (Å²) in [6.45, 7) is 0.0325. The molecule has 1 amide bonds. The normalized spacial score (nSPS) is 21.9. The minimum absolute atomic E-state index is 0.0149. The molecule has 1 aromatic carbocycles. The van der Waals surface area contributed by atoms with E-state index in [0.717, 1.165) is 0 Å². The molecule has 0 bridgehead atoms. The molecule has 2 atom stereocenters. The second kappa shape index (κ2) is 5.41. The molecule has 1 heterocycles. The maximum atomic E-state index is 12.2. The number of hydrogen-bond acceptors (Lipinski definition) is 7. The number of nitro groups is 1. The van der Waals surface area contributed by atoms with Gasteiger partial charge in [-0.1, -0.05) is 0 Å². The van der Waals surface area contributed by atoms with Crippen molar-refractivity contribution in [2.45, 2.75) is 12.2 Å². The summed E-state index contributed by atoms with van der Waals surface area (Å²) in [7, 11) is 0. The van der Waals surface area contributed by atoms with Crippen molar-refractivity contribution in [2.75, 3.05) is 18.5 Å². The SMILES string of the molecule is NNc1cc(C(=O)N2CC(O)C(O)C2)ccc1[N+](=O)[O-]. The Morgan fingerprint density at radius 1 is 1.40 bits per heavy atom. The Bertz CT molecular complexity index is 540. The van der Waals surface area contributed by atoms with E-state index in [1.54, 1.807) is 0 Å². The molecule has 2 unspecified atom stereocenters. The van der Waals surface area contributed by atoms with Crippen molar-refractivity contribution in [2.24, 2.45) is 5.84 Å². The molecule has 0 aromatic heterocycles. The minimum atomic E-state index is -0.982. The predicted molar refractivity (Wildman–Crippen MR) is 68.8 cm³/mol. The molecule has 1 saturated heterocycles. The molecule has 5 N–H and O–H groups in total. The van der Waals surface area contributed by atoms with Gasteiger partial charge in [0, 0.05) is 24.7 Å². The number of likely N-dealkylation sites (tertiary alicyclic amines) is 1. The summed E-state index contributed by atoms with van der Waals surface area (Å²) in [5.74, 6) is 4.76. The van der Waals surface area contributed by atoms with Crippen LogP contribution in [0.15, 0.2) is 18.2 Å². The highest BCUT2D eigenvalue weighted by molar-refractivity contribution is 5.96. The van der Waals surface area contributed by atoms with Crippen LogP contribution in [0.5, 0.6) is 0 Å². The minimum Gasteiger partial charge on any atom is -0.388 e. The molecular formula is C11H14N4O5. The molecule has 0 spiro atoms. The van der Waals surface area contributed by atoms with Gasteiger partial charge in [0.25, 0.3) is 11.6 Å². The van der Waals surface area contributed by atoms with Gasteiger partial charge in [-0.3, -0.25) is 20.8 Å². The summed E-state index contributed by atoms with van der Waals surface area (Å²) in [5.41, 5.74) is 2.12. The molecule has 0 radical (unpaired) electrons. The van der Waals surface area contributed by atoms with Gasteiger partial charge < -0.3 is 20.5 Å². The maximum Gasteiger partial charge on any atom is 0.293 e.